The Hall–Kier alpha value is -3.70. The van der Waals surface area contributed by atoms with E-state index >= 15 is 4.39 Å². The molecule has 1 N–H and O–H groups in total. The van der Waals surface area contributed by atoms with Crippen molar-refractivity contribution in [3.05, 3.63) is 112 Å². The normalized spacial score (nSPS) is 13.8. The van der Waals surface area contributed by atoms with Crippen molar-refractivity contribution in [1.29, 1.82) is 0 Å². The van der Waals surface area contributed by atoms with E-state index in [1.807, 2.05) is 32.0 Å². The van der Waals surface area contributed by atoms with Gasteiger partial charge in [-0.25, -0.2) is 8.78 Å². The molecule has 41 heavy (non-hydrogen) atoms. The molecule has 1 amide bonds. The first-order valence-electron chi connectivity index (χ1n) is 14.2. The Morgan fingerprint density at radius 1 is 0.878 bits per heavy atom. The van der Waals surface area contributed by atoms with Crippen LogP contribution in [-0.4, -0.2) is 11.9 Å². The van der Waals surface area contributed by atoms with Gasteiger partial charge in [0.15, 0.2) is 0 Å². The fourth-order valence-corrected chi connectivity index (χ4v) is 5.80. The predicted molar refractivity (Wildman–Crippen MR) is 161 cm³/mol. The highest BCUT2D eigenvalue weighted by Crippen LogP contribution is 2.39. The first kappa shape index (κ1) is 28.8. The molecule has 6 heteroatoms. The van der Waals surface area contributed by atoms with E-state index in [0.717, 1.165) is 24.0 Å². The molecule has 0 heterocycles. The van der Waals surface area contributed by atoms with Gasteiger partial charge in [0.05, 0.1) is 5.02 Å². The molecule has 0 aliphatic heterocycles. The van der Waals surface area contributed by atoms with E-state index in [1.54, 1.807) is 42.5 Å². The lowest BCUT2D eigenvalue weighted by Crippen LogP contribution is -2.30. The second-order valence-electron chi connectivity index (χ2n) is 11.0. The number of nitrogens with one attached hydrogen (secondary N) is 1. The molecule has 1 aliphatic carbocycles. The third-order valence-corrected chi connectivity index (χ3v) is 7.94. The molecule has 4 aromatic rings. The molecule has 0 saturated heterocycles. The highest BCUT2D eigenvalue weighted by atomic mass is 35.5. The fourth-order valence-electron chi connectivity index (χ4n) is 5.62. The van der Waals surface area contributed by atoms with Gasteiger partial charge in [-0.05, 0) is 96.8 Å². The number of amides is 1. The third-order valence-electron chi connectivity index (χ3n) is 7.65. The minimum Gasteiger partial charge on any atom is -0.489 e. The van der Waals surface area contributed by atoms with Crippen molar-refractivity contribution in [2.45, 2.75) is 64.5 Å². The lowest BCUT2D eigenvalue weighted by Gasteiger charge is -2.24. The maximum Gasteiger partial charge on any atom is 0.251 e. The zero-order chi connectivity index (χ0) is 28.9. The fraction of sp³-hybridized carbons (Fsp3) is 0.286. The van der Waals surface area contributed by atoms with Crippen molar-refractivity contribution in [3.8, 4) is 28.0 Å². The van der Waals surface area contributed by atoms with Crippen molar-refractivity contribution in [1.82, 2.24) is 5.32 Å². The summed E-state index contributed by atoms with van der Waals surface area (Å²) in [6.07, 6.45) is 5.95. The van der Waals surface area contributed by atoms with Crippen molar-refractivity contribution < 1.29 is 18.3 Å². The number of hydrogen-bond donors (Lipinski definition) is 1. The smallest absolute Gasteiger partial charge is 0.251 e. The van der Waals surface area contributed by atoms with Crippen LogP contribution in [0.1, 0.15) is 73.4 Å². The number of benzene rings is 4. The molecule has 212 valence electrons. The molecule has 0 unspecified atom stereocenters. The summed E-state index contributed by atoms with van der Waals surface area (Å²) in [4.78, 5) is 12.7. The van der Waals surface area contributed by atoms with Gasteiger partial charge in [0.25, 0.3) is 5.91 Å². The standard InChI is InChI=1S/C35H34ClF2NO2/c1-22(2)39-35(40)25-12-15-28(24-13-17-33(37)32(36)19-24)26(18-25)21-41-27-14-16-31(34(38)20-27)30-11-7-6-10-29(30)23-8-4-3-5-9-23/h6-7,10-20,22-23H,3-5,8-9,21H2,1-2H3,(H,39,40). The Kier molecular flexibility index (Phi) is 9.04. The van der Waals surface area contributed by atoms with Gasteiger partial charge in [0.2, 0.25) is 0 Å². The minimum absolute atomic E-state index is 0.00200. The number of hydrogen-bond acceptors (Lipinski definition) is 2. The van der Waals surface area contributed by atoms with Crippen LogP contribution in [0.3, 0.4) is 0 Å². The topological polar surface area (TPSA) is 38.3 Å². The molecule has 0 radical (unpaired) electrons. The van der Waals surface area contributed by atoms with Crippen LogP contribution in [0.5, 0.6) is 5.75 Å². The number of carbonyl (C=O) groups excluding carboxylic acids is 1. The van der Waals surface area contributed by atoms with Crippen LogP contribution in [0.2, 0.25) is 5.02 Å². The van der Waals surface area contributed by atoms with Gasteiger partial charge in [-0.3, -0.25) is 4.79 Å². The summed E-state index contributed by atoms with van der Waals surface area (Å²) in [6.45, 7) is 3.86. The van der Waals surface area contributed by atoms with Crippen molar-refractivity contribution >= 4 is 17.5 Å². The summed E-state index contributed by atoms with van der Waals surface area (Å²) >= 11 is 6.06. The molecule has 0 spiro atoms. The molecule has 1 saturated carbocycles. The number of halogens is 3. The number of rotatable bonds is 8. The van der Waals surface area contributed by atoms with Gasteiger partial charge in [0, 0.05) is 23.2 Å². The molecular formula is C35H34ClF2NO2. The van der Waals surface area contributed by atoms with Gasteiger partial charge in [-0.15, -0.1) is 0 Å². The van der Waals surface area contributed by atoms with Crippen molar-refractivity contribution in [2.75, 3.05) is 0 Å². The van der Waals surface area contributed by atoms with Gasteiger partial charge >= 0.3 is 0 Å². The lowest BCUT2D eigenvalue weighted by molar-refractivity contribution is 0.0943. The monoisotopic (exact) mass is 573 g/mol. The zero-order valence-electron chi connectivity index (χ0n) is 23.4. The second-order valence-corrected chi connectivity index (χ2v) is 11.4. The Morgan fingerprint density at radius 3 is 2.37 bits per heavy atom. The predicted octanol–water partition coefficient (Wildman–Crippen LogP) is 9.72. The van der Waals surface area contributed by atoms with Crippen LogP contribution in [0.15, 0.2) is 78.9 Å². The van der Waals surface area contributed by atoms with Crippen LogP contribution < -0.4 is 10.1 Å². The lowest BCUT2D eigenvalue weighted by atomic mass is 9.81. The zero-order valence-corrected chi connectivity index (χ0v) is 24.1. The number of ether oxygens (including phenoxy) is 1. The van der Waals surface area contributed by atoms with Crippen LogP contribution in [0, 0.1) is 11.6 Å². The minimum atomic E-state index is -0.512. The Balaban J connectivity index is 1.42. The molecule has 0 aromatic heterocycles. The molecule has 5 rings (SSSR count). The van der Waals surface area contributed by atoms with E-state index in [2.05, 4.69) is 11.4 Å². The van der Waals surface area contributed by atoms with Crippen molar-refractivity contribution in [2.24, 2.45) is 0 Å². The summed E-state index contributed by atoms with van der Waals surface area (Å²) in [6, 6.07) is 22.8. The van der Waals surface area contributed by atoms with Crippen molar-refractivity contribution in [3.63, 3.8) is 0 Å². The van der Waals surface area contributed by atoms with E-state index in [9.17, 15) is 9.18 Å². The van der Waals surface area contributed by atoms with Crippen LogP contribution in [0.25, 0.3) is 22.3 Å². The van der Waals surface area contributed by atoms with E-state index in [4.69, 9.17) is 16.3 Å². The van der Waals surface area contributed by atoms with Crippen LogP contribution in [0.4, 0.5) is 8.78 Å². The highest BCUT2D eigenvalue weighted by Gasteiger charge is 2.20. The average Bonchev–Trinajstić information content (AvgIpc) is 2.97. The molecule has 3 nitrogen and oxygen atoms in total. The second kappa shape index (κ2) is 12.9. The van der Waals surface area contributed by atoms with E-state index in [-0.39, 0.29) is 29.4 Å². The highest BCUT2D eigenvalue weighted by molar-refractivity contribution is 6.31. The van der Waals surface area contributed by atoms with Crippen LogP contribution >= 0.6 is 11.6 Å². The Labute approximate surface area is 245 Å². The Morgan fingerprint density at radius 2 is 1.63 bits per heavy atom. The first-order chi connectivity index (χ1) is 19.8. The third kappa shape index (κ3) is 6.79. The average molecular weight is 574 g/mol. The van der Waals surface area contributed by atoms with Gasteiger partial charge < -0.3 is 10.1 Å². The number of carbonyl (C=O) groups is 1. The SMILES string of the molecule is CC(C)NC(=O)c1ccc(-c2ccc(F)c(Cl)c2)c(COc2ccc(-c3ccccc3C3CCCCC3)c(F)c2)c1. The maximum absolute atomic E-state index is 15.5. The first-order valence-corrected chi connectivity index (χ1v) is 14.6. The van der Waals surface area contributed by atoms with E-state index < -0.39 is 5.82 Å². The molecule has 0 bridgehead atoms. The van der Waals surface area contributed by atoms with Gasteiger partial charge in [-0.2, -0.15) is 0 Å². The van der Waals surface area contributed by atoms with E-state index in [0.29, 0.717) is 33.9 Å². The summed E-state index contributed by atoms with van der Waals surface area (Å²) < 4.78 is 35.5. The van der Waals surface area contributed by atoms with Gasteiger partial charge in [0.1, 0.15) is 24.0 Å². The summed E-state index contributed by atoms with van der Waals surface area (Å²) in [5.74, 6) is -0.240. The molecule has 0 atom stereocenters. The van der Waals surface area contributed by atoms with E-state index in [1.165, 1.54) is 37.0 Å². The molecule has 1 fully saturated rings. The largest absolute Gasteiger partial charge is 0.489 e. The molecule has 4 aromatic carbocycles. The molecule has 1 aliphatic rings. The Bertz CT molecular complexity index is 1550. The summed E-state index contributed by atoms with van der Waals surface area (Å²) in [7, 11) is 0. The maximum atomic E-state index is 15.5. The quantitative estimate of drug-likeness (QED) is 0.228. The summed E-state index contributed by atoms with van der Waals surface area (Å²) in [5.41, 5.74) is 5.29. The van der Waals surface area contributed by atoms with Crippen LogP contribution in [-0.2, 0) is 6.61 Å². The summed E-state index contributed by atoms with van der Waals surface area (Å²) in [5, 5.41) is 2.90. The van der Waals surface area contributed by atoms with Gasteiger partial charge in [-0.1, -0.05) is 67.3 Å². The molecular weight excluding hydrogens is 540 g/mol.